The highest BCUT2D eigenvalue weighted by atomic mass is 79.9. The van der Waals surface area contributed by atoms with Gasteiger partial charge in [-0.1, -0.05) is 0 Å². The molecule has 5 heteroatoms. The monoisotopic (exact) mass is 342 g/mol. The van der Waals surface area contributed by atoms with E-state index >= 15 is 0 Å². The highest BCUT2D eigenvalue weighted by Crippen LogP contribution is 2.37. The molecule has 1 N–H and O–H groups in total. The first-order valence-corrected chi connectivity index (χ1v) is 7.87. The normalized spacial score (nSPS) is 26.1. The van der Waals surface area contributed by atoms with Crippen LogP contribution >= 0.6 is 15.9 Å². The lowest BCUT2D eigenvalue weighted by atomic mass is 9.77. The van der Waals surface area contributed by atoms with Gasteiger partial charge in [-0.05, 0) is 47.8 Å². The lowest BCUT2D eigenvalue weighted by Crippen LogP contribution is -2.42. The molecule has 1 aromatic rings. The van der Waals surface area contributed by atoms with Crippen molar-refractivity contribution in [1.29, 1.82) is 0 Å². The van der Waals surface area contributed by atoms with Crippen molar-refractivity contribution in [3.63, 3.8) is 0 Å². The number of nitrogens with one attached hydrogen (secondary N) is 1. The Morgan fingerprint density at radius 2 is 2.40 bits per heavy atom. The van der Waals surface area contributed by atoms with E-state index in [0.717, 1.165) is 49.3 Å². The number of aromatic nitrogens is 1. The predicted molar refractivity (Wildman–Crippen MR) is 82.9 cm³/mol. The number of methoxy groups -OCH3 is 1. The fraction of sp³-hybridized carbons (Fsp3) is 0.667. The van der Waals surface area contributed by atoms with Gasteiger partial charge in [0.25, 0.3) is 0 Å². The topological polar surface area (TPSA) is 43.4 Å². The van der Waals surface area contributed by atoms with Crippen LogP contribution in [0.3, 0.4) is 0 Å². The van der Waals surface area contributed by atoms with Gasteiger partial charge in [0, 0.05) is 48.6 Å². The molecule has 4 nitrogen and oxygen atoms in total. The molecule has 112 valence electrons. The molecular formula is C15H23BrN2O2. The number of halogens is 1. The van der Waals surface area contributed by atoms with Crippen LogP contribution in [0.4, 0.5) is 0 Å². The summed E-state index contributed by atoms with van der Waals surface area (Å²) in [6.45, 7) is 5.56. The molecule has 2 atom stereocenters. The number of hydrogen-bond donors (Lipinski definition) is 1. The Balaban J connectivity index is 2.01. The minimum Gasteiger partial charge on any atom is -0.383 e. The van der Waals surface area contributed by atoms with Crippen molar-refractivity contribution in [2.24, 2.45) is 5.41 Å². The molecule has 2 heterocycles. The van der Waals surface area contributed by atoms with Crippen molar-refractivity contribution < 1.29 is 9.47 Å². The van der Waals surface area contributed by atoms with Crippen molar-refractivity contribution in [2.75, 3.05) is 33.4 Å². The van der Waals surface area contributed by atoms with E-state index in [1.54, 1.807) is 7.11 Å². The Kier molecular flexibility index (Phi) is 5.96. The van der Waals surface area contributed by atoms with Gasteiger partial charge in [0.05, 0.1) is 12.7 Å². The number of nitrogens with zero attached hydrogens (tertiary/aromatic N) is 1. The highest BCUT2D eigenvalue weighted by molar-refractivity contribution is 9.10. The molecule has 1 aliphatic rings. The van der Waals surface area contributed by atoms with Gasteiger partial charge < -0.3 is 14.8 Å². The smallest absolute Gasteiger partial charge is 0.0619 e. The van der Waals surface area contributed by atoms with E-state index in [9.17, 15) is 0 Å². The Morgan fingerprint density at radius 3 is 3.00 bits per heavy atom. The molecule has 20 heavy (non-hydrogen) atoms. The molecule has 0 bridgehead atoms. The van der Waals surface area contributed by atoms with Crippen molar-refractivity contribution in [3.8, 4) is 0 Å². The summed E-state index contributed by atoms with van der Waals surface area (Å²) in [6, 6.07) is 4.14. The molecule has 0 spiro atoms. The fourth-order valence-corrected chi connectivity index (χ4v) is 2.96. The highest BCUT2D eigenvalue weighted by Gasteiger charge is 2.41. The molecular weight excluding hydrogens is 320 g/mol. The second-order valence-electron chi connectivity index (χ2n) is 5.44. The molecule has 2 rings (SSSR count). The minimum atomic E-state index is 0.134. The lowest BCUT2D eigenvalue weighted by molar-refractivity contribution is 0.0615. The summed E-state index contributed by atoms with van der Waals surface area (Å²) in [7, 11) is 1.73. The van der Waals surface area contributed by atoms with Crippen LogP contribution in [0, 0.1) is 5.41 Å². The van der Waals surface area contributed by atoms with Crippen LogP contribution in [0.25, 0.3) is 0 Å². The third kappa shape index (κ3) is 4.01. The number of hydrogen-bond acceptors (Lipinski definition) is 4. The maximum absolute atomic E-state index is 5.81. The second kappa shape index (κ2) is 7.50. The summed E-state index contributed by atoms with van der Waals surface area (Å²) in [4.78, 5) is 4.51. The first-order chi connectivity index (χ1) is 9.66. The van der Waals surface area contributed by atoms with Gasteiger partial charge in [-0.15, -0.1) is 0 Å². The van der Waals surface area contributed by atoms with Crippen LogP contribution in [-0.2, 0) is 15.9 Å². The average molecular weight is 343 g/mol. The molecule has 1 aromatic heterocycles. The van der Waals surface area contributed by atoms with E-state index < -0.39 is 0 Å². The Labute approximate surface area is 129 Å². The van der Waals surface area contributed by atoms with Crippen LogP contribution < -0.4 is 5.32 Å². The molecule has 1 fully saturated rings. The van der Waals surface area contributed by atoms with Gasteiger partial charge in [0.2, 0.25) is 0 Å². The standard InChI is InChI=1S/C15H23BrN2O2/c1-12-15(5-7-20-12,11-17-6-8-19-2)9-14-4-3-13(16)10-18-14/h3-4,10,12,17H,5-9,11H2,1-2H3. The summed E-state index contributed by atoms with van der Waals surface area (Å²) in [6.07, 6.45) is 4.14. The summed E-state index contributed by atoms with van der Waals surface area (Å²) in [5.74, 6) is 0. The molecule has 2 unspecified atom stereocenters. The lowest BCUT2D eigenvalue weighted by Gasteiger charge is -2.32. The van der Waals surface area contributed by atoms with Gasteiger partial charge >= 0.3 is 0 Å². The van der Waals surface area contributed by atoms with Gasteiger partial charge in [-0.25, -0.2) is 0 Å². The van der Waals surface area contributed by atoms with E-state index in [1.807, 2.05) is 6.20 Å². The Bertz CT molecular complexity index is 413. The summed E-state index contributed by atoms with van der Waals surface area (Å²) < 4.78 is 11.9. The van der Waals surface area contributed by atoms with Gasteiger partial charge in [-0.2, -0.15) is 0 Å². The first-order valence-electron chi connectivity index (χ1n) is 7.08. The van der Waals surface area contributed by atoms with Gasteiger partial charge in [0.15, 0.2) is 0 Å². The van der Waals surface area contributed by atoms with E-state index in [1.165, 1.54) is 0 Å². The zero-order valence-electron chi connectivity index (χ0n) is 12.2. The maximum Gasteiger partial charge on any atom is 0.0619 e. The number of rotatable bonds is 7. The van der Waals surface area contributed by atoms with Crippen molar-refractivity contribution >= 4 is 15.9 Å². The van der Waals surface area contributed by atoms with Gasteiger partial charge in [0.1, 0.15) is 0 Å². The third-order valence-electron chi connectivity index (χ3n) is 4.11. The third-order valence-corrected chi connectivity index (χ3v) is 4.58. The van der Waals surface area contributed by atoms with Gasteiger partial charge in [-0.3, -0.25) is 4.98 Å². The Hall–Kier alpha value is -0.490. The van der Waals surface area contributed by atoms with Crippen LogP contribution in [0.2, 0.25) is 0 Å². The van der Waals surface area contributed by atoms with Crippen LogP contribution in [0.1, 0.15) is 19.0 Å². The van der Waals surface area contributed by atoms with Crippen molar-refractivity contribution in [1.82, 2.24) is 10.3 Å². The Morgan fingerprint density at radius 1 is 1.55 bits per heavy atom. The quantitative estimate of drug-likeness (QED) is 0.773. The molecule has 0 radical (unpaired) electrons. The molecule has 0 aromatic carbocycles. The molecule has 1 aliphatic heterocycles. The van der Waals surface area contributed by atoms with E-state index in [4.69, 9.17) is 9.47 Å². The molecule has 0 saturated carbocycles. The molecule has 0 amide bonds. The zero-order valence-corrected chi connectivity index (χ0v) is 13.8. The predicted octanol–water partition coefficient (Wildman–Crippen LogP) is 2.42. The van der Waals surface area contributed by atoms with Crippen molar-refractivity contribution in [2.45, 2.75) is 25.9 Å². The van der Waals surface area contributed by atoms with Crippen LogP contribution in [0.15, 0.2) is 22.8 Å². The summed E-state index contributed by atoms with van der Waals surface area (Å²) in [5, 5.41) is 3.49. The summed E-state index contributed by atoms with van der Waals surface area (Å²) >= 11 is 3.43. The molecule has 1 saturated heterocycles. The fourth-order valence-electron chi connectivity index (χ4n) is 2.73. The second-order valence-corrected chi connectivity index (χ2v) is 6.36. The minimum absolute atomic E-state index is 0.134. The largest absolute Gasteiger partial charge is 0.383 e. The maximum atomic E-state index is 5.81. The van der Waals surface area contributed by atoms with E-state index in [0.29, 0.717) is 0 Å². The van der Waals surface area contributed by atoms with Crippen LogP contribution in [-0.4, -0.2) is 44.5 Å². The zero-order chi connectivity index (χ0) is 14.4. The van der Waals surface area contributed by atoms with E-state index in [2.05, 4.69) is 45.3 Å². The SMILES string of the molecule is COCCNCC1(Cc2ccc(Br)cn2)CCOC1C. The number of ether oxygens (including phenoxy) is 2. The van der Waals surface area contributed by atoms with Crippen LogP contribution in [0.5, 0.6) is 0 Å². The molecule has 0 aliphatic carbocycles. The summed E-state index contributed by atoms with van der Waals surface area (Å²) in [5.41, 5.74) is 1.26. The van der Waals surface area contributed by atoms with Crippen molar-refractivity contribution in [3.05, 3.63) is 28.5 Å². The number of pyridine rings is 1. The average Bonchev–Trinajstić information content (AvgIpc) is 2.79. The van der Waals surface area contributed by atoms with E-state index in [-0.39, 0.29) is 11.5 Å². The first kappa shape index (κ1) is 15.9.